The van der Waals surface area contributed by atoms with Crippen molar-refractivity contribution in [1.29, 1.82) is 0 Å². The normalized spacial score (nSPS) is 10.6. The molecule has 0 fully saturated rings. The highest BCUT2D eigenvalue weighted by molar-refractivity contribution is 7.16. The molecular formula is C9H15ClN2S. The van der Waals surface area contributed by atoms with Gasteiger partial charge in [-0.2, -0.15) is 0 Å². The minimum absolute atomic E-state index is 0.880. The summed E-state index contributed by atoms with van der Waals surface area (Å²) in [4.78, 5) is 1.35. The molecular weight excluding hydrogens is 204 g/mol. The third-order valence-electron chi connectivity index (χ3n) is 1.73. The Kier molecular flexibility index (Phi) is 5.39. The molecule has 1 aromatic rings. The molecule has 0 aromatic carbocycles. The fourth-order valence-electron chi connectivity index (χ4n) is 1.04. The van der Waals surface area contributed by atoms with Crippen LogP contribution in [-0.4, -0.2) is 26.7 Å². The largest absolute Gasteiger partial charge is 0.318 e. The molecule has 0 spiro atoms. The molecule has 13 heavy (non-hydrogen) atoms. The van der Waals surface area contributed by atoms with E-state index in [1.165, 1.54) is 4.88 Å². The Hall–Kier alpha value is -0.0900. The van der Waals surface area contributed by atoms with Gasteiger partial charge in [0.05, 0.1) is 4.34 Å². The van der Waals surface area contributed by atoms with Crippen molar-refractivity contribution in [3.8, 4) is 0 Å². The van der Waals surface area contributed by atoms with Crippen molar-refractivity contribution in [3.05, 3.63) is 21.3 Å². The molecule has 4 heteroatoms. The van der Waals surface area contributed by atoms with Gasteiger partial charge in [-0.05, 0) is 25.6 Å². The minimum atomic E-state index is 0.880. The number of likely N-dealkylation sites (N-methyl/N-ethyl adjacent to an activating group) is 1. The van der Waals surface area contributed by atoms with Crippen molar-refractivity contribution >= 4 is 22.9 Å². The average molecular weight is 219 g/mol. The SMILES string of the molecule is CNCCNCCc1ccc(Cl)s1. The van der Waals surface area contributed by atoms with Gasteiger partial charge in [-0.3, -0.25) is 0 Å². The van der Waals surface area contributed by atoms with Crippen LogP contribution in [0.25, 0.3) is 0 Å². The van der Waals surface area contributed by atoms with Crippen LogP contribution in [0.4, 0.5) is 0 Å². The van der Waals surface area contributed by atoms with Crippen LogP contribution < -0.4 is 10.6 Å². The summed E-state index contributed by atoms with van der Waals surface area (Å²) in [6, 6.07) is 4.04. The molecule has 0 aliphatic carbocycles. The summed E-state index contributed by atoms with van der Waals surface area (Å²) in [5, 5.41) is 6.43. The first-order chi connectivity index (χ1) is 6.33. The molecule has 1 rings (SSSR count). The number of thiophene rings is 1. The molecule has 0 aliphatic heterocycles. The van der Waals surface area contributed by atoms with E-state index in [-0.39, 0.29) is 0 Å². The van der Waals surface area contributed by atoms with E-state index in [2.05, 4.69) is 16.7 Å². The van der Waals surface area contributed by atoms with Crippen molar-refractivity contribution in [1.82, 2.24) is 10.6 Å². The lowest BCUT2D eigenvalue weighted by molar-refractivity contribution is 0.651. The van der Waals surface area contributed by atoms with Crippen molar-refractivity contribution in [2.24, 2.45) is 0 Å². The highest BCUT2D eigenvalue weighted by Crippen LogP contribution is 2.21. The molecule has 1 aromatic heterocycles. The van der Waals surface area contributed by atoms with Crippen LogP contribution in [0, 0.1) is 0 Å². The second kappa shape index (κ2) is 6.38. The predicted octanol–water partition coefficient (Wildman–Crippen LogP) is 1.75. The molecule has 0 bridgehead atoms. The first-order valence-electron chi connectivity index (χ1n) is 4.42. The van der Waals surface area contributed by atoms with Gasteiger partial charge in [0.2, 0.25) is 0 Å². The number of hydrogen-bond donors (Lipinski definition) is 2. The summed E-state index contributed by atoms with van der Waals surface area (Å²) in [5.74, 6) is 0. The molecule has 74 valence electrons. The first kappa shape index (κ1) is 11.0. The molecule has 0 aliphatic rings. The summed E-state index contributed by atoms with van der Waals surface area (Å²) in [6.07, 6.45) is 1.07. The Morgan fingerprint density at radius 3 is 2.77 bits per heavy atom. The average Bonchev–Trinajstić information content (AvgIpc) is 2.51. The lowest BCUT2D eigenvalue weighted by atomic mass is 10.3. The van der Waals surface area contributed by atoms with Gasteiger partial charge in [-0.15, -0.1) is 11.3 Å². The van der Waals surface area contributed by atoms with Crippen molar-refractivity contribution in [3.63, 3.8) is 0 Å². The smallest absolute Gasteiger partial charge is 0.0931 e. The molecule has 0 radical (unpaired) electrons. The van der Waals surface area contributed by atoms with Crippen molar-refractivity contribution in [2.45, 2.75) is 6.42 Å². The van der Waals surface area contributed by atoms with E-state index >= 15 is 0 Å². The Morgan fingerprint density at radius 2 is 2.15 bits per heavy atom. The molecule has 2 N–H and O–H groups in total. The van der Waals surface area contributed by atoms with Crippen LogP contribution in [0.1, 0.15) is 4.88 Å². The Labute approximate surface area is 88.3 Å². The molecule has 0 atom stereocenters. The topological polar surface area (TPSA) is 24.1 Å². The van der Waals surface area contributed by atoms with E-state index < -0.39 is 0 Å². The molecule has 0 saturated heterocycles. The fraction of sp³-hybridized carbons (Fsp3) is 0.556. The maximum absolute atomic E-state index is 5.81. The summed E-state index contributed by atoms with van der Waals surface area (Å²) in [5.41, 5.74) is 0. The minimum Gasteiger partial charge on any atom is -0.318 e. The van der Waals surface area contributed by atoms with E-state index in [0.717, 1.165) is 30.4 Å². The van der Waals surface area contributed by atoms with E-state index in [1.54, 1.807) is 11.3 Å². The van der Waals surface area contributed by atoms with E-state index in [4.69, 9.17) is 11.6 Å². The van der Waals surface area contributed by atoms with Crippen molar-refractivity contribution < 1.29 is 0 Å². The third-order valence-corrected chi connectivity index (χ3v) is 3.02. The maximum Gasteiger partial charge on any atom is 0.0931 e. The van der Waals surface area contributed by atoms with Crippen LogP contribution in [0.5, 0.6) is 0 Å². The molecule has 0 unspecified atom stereocenters. The zero-order valence-electron chi connectivity index (χ0n) is 7.77. The summed E-state index contributed by atoms with van der Waals surface area (Å²) >= 11 is 7.47. The Balaban J connectivity index is 2.06. The van der Waals surface area contributed by atoms with Gasteiger partial charge < -0.3 is 10.6 Å². The highest BCUT2D eigenvalue weighted by atomic mass is 35.5. The van der Waals surface area contributed by atoms with Gasteiger partial charge in [0, 0.05) is 24.5 Å². The number of halogens is 1. The number of rotatable bonds is 6. The summed E-state index contributed by atoms with van der Waals surface area (Å²) in [6.45, 7) is 3.07. The molecule has 0 saturated carbocycles. The fourth-order valence-corrected chi connectivity index (χ4v) is 2.12. The molecule has 1 heterocycles. The van der Waals surface area contributed by atoms with Crippen LogP contribution in [0.3, 0.4) is 0 Å². The van der Waals surface area contributed by atoms with Gasteiger partial charge in [0.15, 0.2) is 0 Å². The van der Waals surface area contributed by atoms with Gasteiger partial charge in [-0.25, -0.2) is 0 Å². The zero-order chi connectivity index (χ0) is 9.52. The Bertz CT molecular complexity index is 237. The summed E-state index contributed by atoms with van der Waals surface area (Å²) in [7, 11) is 1.96. The van der Waals surface area contributed by atoms with Crippen LogP contribution in [-0.2, 0) is 6.42 Å². The lowest BCUT2D eigenvalue weighted by Gasteiger charge is -2.01. The second-order valence-electron chi connectivity index (χ2n) is 2.81. The highest BCUT2D eigenvalue weighted by Gasteiger charge is 1.96. The number of nitrogens with one attached hydrogen (secondary N) is 2. The standard InChI is InChI=1S/C9H15ClN2S/c1-11-6-7-12-5-4-8-2-3-9(10)13-8/h2-3,11-12H,4-7H2,1H3. The van der Waals surface area contributed by atoms with Gasteiger partial charge in [0.25, 0.3) is 0 Å². The van der Waals surface area contributed by atoms with Gasteiger partial charge in [0.1, 0.15) is 0 Å². The monoisotopic (exact) mass is 218 g/mol. The molecule has 2 nitrogen and oxygen atoms in total. The van der Waals surface area contributed by atoms with Gasteiger partial charge >= 0.3 is 0 Å². The maximum atomic E-state index is 5.81. The first-order valence-corrected chi connectivity index (χ1v) is 5.62. The lowest BCUT2D eigenvalue weighted by Crippen LogP contribution is -2.26. The predicted molar refractivity (Wildman–Crippen MR) is 59.8 cm³/mol. The molecule has 0 amide bonds. The Morgan fingerprint density at radius 1 is 1.31 bits per heavy atom. The van der Waals surface area contributed by atoms with E-state index in [0.29, 0.717) is 0 Å². The van der Waals surface area contributed by atoms with E-state index in [1.807, 2.05) is 13.1 Å². The van der Waals surface area contributed by atoms with Crippen LogP contribution in [0.15, 0.2) is 12.1 Å². The van der Waals surface area contributed by atoms with Crippen molar-refractivity contribution in [2.75, 3.05) is 26.7 Å². The second-order valence-corrected chi connectivity index (χ2v) is 4.61. The zero-order valence-corrected chi connectivity index (χ0v) is 9.34. The third kappa shape index (κ3) is 4.62. The quantitative estimate of drug-likeness (QED) is 0.712. The van der Waals surface area contributed by atoms with E-state index in [9.17, 15) is 0 Å². The van der Waals surface area contributed by atoms with Crippen LogP contribution in [0.2, 0.25) is 4.34 Å². The van der Waals surface area contributed by atoms with Crippen LogP contribution >= 0.6 is 22.9 Å². The summed E-state index contributed by atoms with van der Waals surface area (Å²) < 4.78 is 0.880. The number of hydrogen-bond acceptors (Lipinski definition) is 3. The van der Waals surface area contributed by atoms with Gasteiger partial charge in [-0.1, -0.05) is 11.6 Å².